The third-order valence-electron chi connectivity index (χ3n) is 2.58. The van der Waals surface area contributed by atoms with Crippen LogP contribution in [0.15, 0.2) is 0 Å². The van der Waals surface area contributed by atoms with Crippen LogP contribution in [0.5, 0.6) is 0 Å². The lowest BCUT2D eigenvalue weighted by Gasteiger charge is -2.43. The molecule has 0 aliphatic carbocycles. The minimum absolute atomic E-state index is 0.118. The molecule has 1 atom stereocenters. The SMILES string of the molecule is [B]C(C)(C)N1CCCC(F)(CF)C1. The maximum Gasteiger partial charge on any atom is 0.151 e. The van der Waals surface area contributed by atoms with Crippen molar-refractivity contribution >= 4 is 7.85 Å². The highest BCUT2D eigenvalue weighted by atomic mass is 19.2. The molecule has 1 aliphatic heterocycles. The van der Waals surface area contributed by atoms with Gasteiger partial charge in [-0.1, -0.05) is 13.8 Å². The fourth-order valence-electron chi connectivity index (χ4n) is 1.69. The summed E-state index contributed by atoms with van der Waals surface area (Å²) in [6.45, 7) is 3.61. The molecule has 1 aliphatic rings. The van der Waals surface area contributed by atoms with Crippen molar-refractivity contribution in [2.75, 3.05) is 19.8 Å². The van der Waals surface area contributed by atoms with E-state index in [1.807, 2.05) is 13.8 Å². The van der Waals surface area contributed by atoms with Crippen LogP contribution < -0.4 is 0 Å². The Balaban J connectivity index is 2.62. The molecule has 0 aromatic rings. The molecule has 0 amide bonds. The van der Waals surface area contributed by atoms with Gasteiger partial charge in [0.2, 0.25) is 0 Å². The van der Waals surface area contributed by atoms with Crippen LogP contribution in [0.3, 0.4) is 0 Å². The van der Waals surface area contributed by atoms with Gasteiger partial charge < -0.3 is 4.90 Å². The zero-order valence-corrected chi connectivity index (χ0v) is 8.32. The van der Waals surface area contributed by atoms with Crippen molar-refractivity contribution in [1.82, 2.24) is 4.90 Å². The van der Waals surface area contributed by atoms with E-state index in [-0.39, 0.29) is 6.54 Å². The summed E-state index contributed by atoms with van der Waals surface area (Å²) in [7, 11) is 5.82. The topological polar surface area (TPSA) is 3.24 Å². The number of alkyl halides is 2. The molecule has 1 heterocycles. The Labute approximate surface area is 79.9 Å². The van der Waals surface area contributed by atoms with Gasteiger partial charge in [0, 0.05) is 6.54 Å². The average Bonchev–Trinajstić information content (AvgIpc) is 2.03. The summed E-state index contributed by atoms with van der Waals surface area (Å²) in [5, 5.41) is 0. The summed E-state index contributed by atoms with van der Waals surface area (Å²) in [4.78, 5) is 1.80. The molecule has 0 spiro atoms. The van der Waals surface area contributed by atoms with Crippen LogP contribution in [0.4, 0.5) is 8.78 Å². The molecule has 0 aromatic carbocycles. The summed E-state index contributed by atoms with van der Waals surface area (Å²) in [6.07, 6.45) is 0.997. The monoisotopic (exact) mass is 187 g/mol. The molecule has 0 saturated carbocycles. The number of nitrogens with zero attached hydrogens (tertiary/aromatic N) is 1. The Kier molecular flexibility index (Phi) is 3.00. The first kappa shape index (κ1) is 11.0. The average molecular weight is 187 g/mol. The minimum atomic E-state index is -1.67. The maximum absolute atomic E-state index is 13.6. The quantitative estimate of drug-likeness (QED) is 0.594. The lowest BCUT2D eigenvalue weighted by molar-refractivity contribution is 0.00270. The zero-order chi connectivity index (χ0) is 10.1. The predicted octanol–water partition coefficient (Wildman–Crippen LogP) is 1.66. The van der Waals surface area contributed by atoms with Crippen molar-refractivity contribution in [2.24, 2.45) is 0 Å². The van der Waals surface area contributed by atoms with Gasteiger partial charge >= 0.3 is 0 Å². The first-order valence-electron chi connectivity index (χ1n) is 4.66. The second kappa shape index (κ2) is 3.56. The molecule has 0 bridgehead atoms. The zero-order valence-electron chi connectivity index (χ0n) is 8.32. The third kappa shape index (κ3) is 2.66. The highest BCUT2D eigenvalue weighted by molar-refractivity contribution is 6.14. The van der Waals surface area contributed by atoms with Crippen molar-refractivity contribution in [3.05, 3.63) is 0 Å². The second-order valence-electron chi connectivity index (χ2n) is 4.46. The lowest BCUT2D eigenvalue weighted by Crippen LogP contribution is -2.55. The Hall–Kier alpha value is -0.115. The summed E-state index contributed by atoms with van der Waals surface area (Å²) >= 11 is 0. The summed E-state index contributed by atoms with van der Waals surface area (Å²) < 4.78 is 26.0. The van der Waals surface area contributed by atoms with Gasteiger partial charge in [-0.25, -0.2) is 8.78 Å². The van der Waals surface area contributed by atoms with Crippen molar-refractivity contribution in [2.45, 2.75) is 37.8 Å². The Bertz CT molecular complexity index is 181. The van der Waals surface area contributed by atoms with E-state index in [0.717, 1.165) is 6.54 Å². The van der Waals surface area contributed by atoms with E-state index >= 15 is 0 Å². The van der Waals surface area contributed by atoms with E-state index in [1.165, 1.54) is 0 Å². The van der Waals surface area contributed by atoms with Crippen LogP contribution >= 0.6 is 0 Å². The highest BCUT2D eigenvalue weighted by Crippen LogP contribution is 2.28. The van der Waals surface area contributed by atoms with Crippen LogP contribution in [0, 0.1) is 0 Å². The van der Waals surface area contributed by atoms with Crippen LogP contribution in [0.25, 0.3) is 0 Å². The standard InChI is InChI=1S/C9H16BF2N/c1-8(2,10)13-5-3-4-9(12,6-11)7-13/h3-7H2,1-2H3. The van der Waals surface area contributed by atoms with E-state index in [1.54, 1.807) is 4.90 Å². The Morgan fingerprint density at radius 1 is 1.54 bits per heavy atom. The molecule has 2 radical (unpaired) electrons. The largest absolute Gasteiger partial charge is 0.303 e. The molecule has 74 valence electrons. The Morgan fingerprint density at radius 3 is 2.62 bits per heavy atom. The number of halogens is 2. The van der Waals surface area contributed by atoms with Crippen molar-refractivity contribution < 1.29 is 8.78 Å². The fourth-order valence-corrected chi connectivity index (χ4v) is 1.69. The molecular formula is C9H16BF2N. The van der Waals surface area contributed by atoms with E-state index in [4.69, 9.17) is 7.85 Å². The van der Waals surface area contributed by atoms with E-state index < -0.39 is 17.8 Å². The van der Waals surface area contributed by atoms with Gasteiger partial charge in [-0.2, -0.15) is 0 Å². The van der Waals surface area contributed by atoms with E-state index in [9.17, 15) is 8.78 Å². The Morgan fingerprint density at radius 2 is 2.15 bits per heavy atom. The van der Waals surface area contributed by atoms with Crippen molar-refractivity contribution in [1.29, 1.82) is 0 Å². The minimum Gasteiger partial charge on any atom is -0.303 e. The second-order valence-corrected chi connectivity index (χ2v) is 4.46. The molecule has 13 heavy (non-hydrogen) atoms. The van der Waals surface area contributed by atoms with Gasteiger partial charge in [0.25, 0.3) is 0 Å². The number of hydrogen-bond donors (Lipinski definition) is 0. The first-order valence-corrected chi connectivity index (χ1v) is 4.66. The van der Waals surface area contributed by atoms with Crippen LogP contribution in [-0.2, 0) is 0 Å². The molecule has 1 fully saturated rings. The summed E-state index contributed by atoms with van der Waals surface area (Å²) in [5.74, 6) is 0. The summed E-state index contributed by atoms with van der Waals surface area (Å²) in [6, 6.07) is 0. The summed E-state index contributed by atoms with van der Waals surface area (Å²) in [5.41, 5.74) is -2.22. The maximum atomic E-state index is 13.6. The molecule has 4 heteroatoms. The smallest absolute Gasteiger partial charge is 0.151 e. The normalized spacial score (nSPS) is 32.0. The van der Waals surface area contributed by atoms with Gasteiger partial charge in [-0.3, -0.25) is 0 Å². The molecular weight excluding hydrogens is 171 g/mol. The van der Waals surface area contributed by atoms with Gasteiger partial charge in [0.15, 0.2) is 5.67 Å². The van der Waals surface area contributed by atoms with Gasteiger partial charge in [-0.05, 0) is 24.8 Å². The predicted molar refractivity (Wildman–Crippen MR) is 50.5 cm³/mol. The molecule has 1 nitrogen and oxygen atoms in total. The van der Waals surface area contributed by atoms with Gasteiger partial charge in [0.1, 0.15) is 6.67 Å². The number of likely N-dealkylation sites (tertiary alicyclic amines) is 1. The first-order chi connectivity index (χ1) is 5.87. The van der Waals surface area contributed by atoms with Crippen LogP contribution in [-0.4, -0.2) is 43.6 Å². The van der Waals surface area contributed by atoms with Gasteiger partial charge in [0.05, 0.1) is 7.85 Å². The highest BCUT2D eigenvalue weighted by Gasteiger charge is 2.38. The molecule has 1 saturated heterocycles. The molecule has 0 N–H and O–H groups in total. The fraction of sp³-hybridized carbons (Fsp3) is 1.00. The van der Waals surface area contributed by atoms with Gasteiger partial charge in [-0.15, -0.1) is 0 Å². The van der Waals surface area contributed by atoms with Crippen molar-refractivity contribution in [3.63, 3.8) is 0 Å². The third-order valence-corrected chi connectivity index (χ3v) is 2.58. The van der Waals surface area contributed by atoms with Crippen LogP contribution in [0.2, 0.25) is 0 Å². The van der Waals surface area contributed by atoms with E-state index in [0.29, 0.717) is 12.8 Å². The molecule has 1 unspecified atom stereocenters. The lowest BCUT2D eigenvalue weighted by atomic mass is 9.77. The molecule has 1 rings (SSSR count). The van der Waals surface area contributed by atoms with Crippen molar-refractivity contribution in [3.8, 4) is 0 Å². The number of rotatable bonds is 2. The van der Waals surface area contributed by atoms with Crippen LogP contribution in [0.1, 0.15) is 26.7 Å². The molecule has 0 aromatic heterocycles. The van der Waals surface area contributed by atoms with E-state index in [2.05, 4.69) is 0 Å². The number of hydrogen-bond acceptors (Lipinski definition) is 1. The number of piperidine rings is 1.